The summed E-state index contributed by atoms with van der Waals surface area (Å²) in [6.45, 7) is 5.67. The number of halogens is 2. The van der Waals surface area contributed by atoms with E-state index in [0.29, 0.717) is 23.6 Å². The Labute approximate surface area is 138 Å². The minimum absolute atomic E-state index is 0. The lowest BCUT2D eigenvalue weighted by Crippen LogP contribution is -2.33. The quantitative estimate of drug-likeness (QED) is 0.858. The number of benzene rings is 1. The van der Waals surface area contributed by atoms with Gasteiger partial charge in [-0.3, -0.25) is 0 Å². The number of sulfonamides is 1. The molecule has 1 aliphatic rings. The fourth-order valence-electron chi connectivity index (χ4n) is 2.96. The second-order valence-corrected chi connectivity index (χ2v) is 7.47. The van der Waals surface area contributed by atoms with Crippen molar-refractivity contribution >= 4 is 22.4 Å². The van der Waals surface area contributed by atoms with Gasteiger partial charge in [0.15, 0.2) is 0 Å². The molecule has 2 N–H and O–H groups in total. The molecule has 1 saturated heterocycles. The zero-order valence-electron chi connectivity index (χ0n) is 13.0. The van der Waals surface area contributed by atoms with Crippen LogP contribution in [-0.4, -0.2) is 28.1 Å². The summed E-state index contributed by atoms with van der Waals surface area (Å²) in [5, 5.41) is 3.32. The van der Waals surface area contributed by atoms with E-state index in [4.69, 9.17) is 0 Å². The van der Waals surface area contributed by atoms with Gasteiger partial charge in [-0.1, -0.05) is 0 Å². The lowest BCUT2D eigenvalue weighted by Gasteiger charge is -2.22. The maximum atomic E-state index is 13.3. The van der Waals surface area contributed by atoms with Crippen LogP contribution in [0, 0.1) is 25.6 Å². The lowest BCUT2D eigenvalue weighted by atomic mass is 9.96. The number of hydrogen-bond donors (Lipinski definition) is 2. The van der Waals surface area contributed by atoms with E-state index in [1.165, 1.54) is 12.1 Å². The monoisotopic (exact) mass is 350 g/mol. The van der Waals surface area contributed by atoms with Gasteiger partial charge in [0.1, 0.15) is 5.82 Å². The molecule has 0 bridgehead atoms. The molecule has 1 unspecified atom stereocenters. The van der Waals surface area contributed by atoms with Crippen LogP contribution in [0.4, 0.5) is 4.39 Å². The third-order valence-electron chi connectivity index (χ3n) is 3.94. The first-order valence-corrected chi connectivity index (χ1v) is 8.85. The van der Waals surface area contributed by atoms with Crippen LogP contribution in [0.25, 0.3) is 0 Å². The van der Waals surface area contributed by atoms with Crippen molar-refractivity contribution in [2.45, 2.75) is 38.0 Å². The molecule has 4 nitrogen and oxygen atoms in total. The molecule has 126 valence electrons. The van der Waals surface area contributed by atoms with Gasteiger partial charge in [-0.2, -0.15) is 0 Å². The largest absolute Gasteiger partial charge is 0.316 e. The van der Waals surface area contributed by atoms with Gasteiger partial charge in [-0.15, -0.1) is 12.4 Å². The minimum atomic E-state index is -3.58. The van der Waals surface area contributed by atoms with Crippen molar-refractivity contribution in [3.05, 3.63) is 29.1 Å². The molecule has 1 atom stereocenters. The highest BCUT2D eigenvalue weighted by Crippen LogP contribution is 2.21. The topological polar surface area (TPSA) is 58.2 Å². The molecular weight excluding hydrogens is 327 g/mol. The van der Waals surface area contributed by atoms with Crippen LogP contribution in [0.1, 0.15) is 30.4 Å². The Bertz CT molecular complexity index is 579. The molecule has 22 heavy (non-hydrogen) atoms. The van der Waals surface area contributed by atoms with E-state index in [1.54, 1.807) is 13.8 Å². The van der Waals surface area contributed by atoms with Gasteiger partial charge in [0.05, 0.1) is 4.90 Å². The van der Waals surface area contributed by atoms with Crippen molar-refractivity contribution in [2.75, 3.05) is 19.6 Å². The van der Waals surface area contributed by atoms with Gasteiger partial charge < -0.3 is 5.32 Å². The predicted octanol–water partition coefficient (Wildman–Crippen LogP) is 2.53. The van der Waals surface area contributed by atoms with E-state index in [1.807, 2.05) is 0 Å². The summed E-state index contributed by atoms with van der Waals surface area (Å²) in [4.78, 5) is 0.200. The molecule has 0 radical (unpaired) electrons. The Morgan fingerprint density at radius 2 is 1.95 bits per heavy atom. The van der Waals surface area contributed by atoms with E-state index < -0.39 is 15.8 Å². The molecule has 1 heterocycles. The Morgan fingerprint density at radius 1 is 1.32 bits per heavy atom. The first-order valence-electron chi connectivity index (χ1n) is 7.37. The van der Waals surface area contributed by atoms with Crippen LogP contribution in [0.15, 0.2) is 17.0 Å². The zero-order chi connectivity index (χ0) is 15.5. The first kappa shape index (κ1) is 19.4. The molecular formula is C15H24ClFN2O2S. The summed E-state index contributed by atoms with van der Waals surface area (Å²) in [5.74, 6) is 0.120. The maximum absolute atomic E-state index is 13.3. The van der Waals surface area contributed by atoms with Crippen LogP contribution in [0.5, 0.6) is 0 Å². The van der Waals surface area contributed by atoms with Gasteiger partial charge in [-0.25, -0.2) is 17.5 Å². The molecule has 1 aliphatic heterocycles. The van der Waals surface area contributed by atoms with E-state index in [-0.39, 0.29) is 17.3 Å². The summed E-state index contributed by atoms with van der Waals surface area (Å²) in [5.41, 5.74) is 0.888. The molecule has 0 aliphatic carbocycles. The van der Waals surface area contributed by atoms with Gasteiger partial charge in [0.2, 0.25) is 10.0 Å². The van der Waals surface area contributed by atoms with Crippen LogP contribution >= 0.6 is 12.4 Å². The number of aryl methyl sites for hydroxylation is 2. The van der Waals surface area contributed by atoms with Crippen molar-refractivity contribution in [3.63, 3.8) is 0 Å². The molecule has 0 aromatic heterocycles. The average molecular weight is 351 g/mol. The number of hydrogen-bond acceptors (Lipinski definition) is 3. The Balaban J connectivity index is 0.00000242. The molecule has 7 heteroatoms. The van der Waals surface area contributed by atoms with Gasteiger partial charge in [-0.05, 0) is 75.4 Å². The molecule has 2 rings (SSSR count). The fourth-order valence-corrected chi connectivity index (χ4v) is 4.46. The zero-order valence-corrected chi connectivity index (χ0v) is 14.6. The summed E-state index contributed by atoms with van der Waals surface area (Å²) >= 11 is 0. The first-order chi connectivity index (χ1) is 9.90. The summed E-state index contributed by atoms with van der Waals surface area (Å²) in [7, 11) is -3.58. The summed E-state index contributed by atoms with van der Waals surface area (Å²) < 4.78 is 40.7. The second-order valence-electron chi connectivity index (χ2n) is 5.77. The van der Waals surface area contributed by atoms with Gasteiger partial charge >= 0.3 is 0 Å². The smallest absolute Gasteiger partial charge is 0.241 e. The summed E-state index contributed by atoms with van der Waals surface area (Å²) in [6, 6.07) is 2.51. The van der Waals surface area contributed by atoms with E-state index in [2.05, 4.69) is 10.0 Å². The summed E-state index contributed by atoms with van der Waals surface area (Å²) in [6.07, 6.45) is 3.11. The molecule has 1 aromatic carbocycles. The normalized spacial score (nSPS) is 18.8. The SMILES string of the molecule is Cc1cc(F)cc(C)c1S(=O)(=O)NCCC1CCCNC1.Cl. The van der Waals surface area contributed by atoms with Crippen molar-refractivity contribution in [1.29, 1.82) is 0 Å². The van der Waals surface area contributed by atoms with Crippen molar-refractivity contribution in [3.8, 4) is 0 Å². The Kier molecular flexibility index (Phi) is 7.25. The Morgan fingerprint density at radius 3 is 2.50 bits per heavy atom. The average Bonchev–Trinajstić information content (AvgIpc) is 2.38. The Hall–Kier alpha value is -0.690. The van der Waals surface area contributed by atoms with Crippen molar-refractivity contribution in [1.82, 2.24) is 10.0 Å². The van der Waals surface area contributed by atoms with Crippen LogP contribution < -0.4 is 10.0 Å². The lowest BCUT2D eigenvalue weighted by molar-refractivity contribution is 0.358. The van der Waals surface area contributed by atoms with Gasteiger partial charge in [0, 0.05) is 6.54 Å². The van der Waals surface area contributed by atoms with Crippen LogP contribution in [0.3, 0.4) is 0 Å². The van der Waals surface area contributed by atoms with Gasteiger partial charge in [0.25, 0.3) is 0 Å². The number of piperidine rings is 1. The predicted molar refractivity (Wildman–Crippen MR) is 88.5 cm³/mol. The minimum Gasteiger partial charge on any atom is -0.316 e. The molecule has 0 amide bonds. The van der Waals surface area contributed by atoms with Crippen molar-refractivity contribution in [2.24, 2.45) is 5.92 Å². The number of nitrogens with one attached hydrogen (secondary N) is 2. The highest BCUT2D eigenvalue weighted by atomic mass is 35.5. The second kappa shape index (κ2) is 8.24. The third kappa shape index (κ3) is 4.91. The number of rotatable bonds is 5. The van der Waals surface area contributed by atoms with E-state index >= 15 is 0 Å². The van der Waals surface area contributed by atoms with Crippen molar-refractivity contribution < 1.29 is 12.8 Å². The van der Waals surface area contributed by atoms with E-state index in [0.717, 1.165) is 32.4 Å². The highest BCUT2D eigenvalue weighted by Gasteiger charge is 2.21. The maximum Gasteiger partial charge on any atom is 0.241 e. The molecule has 1 fully saturated rings. The van der Waals surface area contributed by atoms with Crippen LogP contribution in [0.2, 0.25) is 0 Å². The highest BCUT2D eigenvalue weighted by molar-refractivity contribution is 7.89. The fraction of sp³-hybridized carbons (Fsp3) is 0.600. The molecule has 0 spiro atoms. The van der Waals surface area contributed by atoms with Crippen LogP contribution in [-0.2, 0) is 10.0 Å². The molecule has 0 saturated carbocycles. The standard InChI is InChI=1S/C15H23FN2O2S.ClH/c1-11-8-14(16)9-12(2)15(11)21(19,20)18-7-5-13-4-3-6-17-10-13;/h8-9,13,17-18H,3-7,10H2,1-2H3;1H. The van der Waals surface area contributed by atoms with E-state index in [9.17, 15) is 12.8 Å². The molecule has 1 aromatic rings. The third-order valence-corrected chi connectivity index (χ3v) is 5.70.